The minimum atomic E-state index is -0.619. The van der Waals surface area contributed by atoms with E-state index in [0.717, 1.165) is 11.3 Å². The molecule has 2 aromatic rings. The number of rotatable bonds is 7. The van der Waals surface area contributed by atoms with Crippen LogP contribution in [-0.2, 0) is 4.79 Å². The van der Waals surface area contributed by atoms with Crippen LogP contribution in [0.5, 0.6) is 11.5 Å². The van der Waals surface area contributed by atoms with Crippen LogP contribution in [0.2, 0.25) is 0 Å². The summed E-state index contributed by atoms with van der Waals surface area (Å²) in [5.41, 5.74) is 1.74. The highest BCUT2D eigenvalue weighted by Gasteiger charge is 2.18. The van der Waals surface area contributed by atoms with Crippen LogP contribution in [0.1, 0.15) is 46.1 Å². The molecule has 0 aromatic heterocycles. The smallest absolute Gasteiger partial charge is 0.265 e. The van der Waals surface area contributed by atoms with Crippen LogP contribution in [0, 0.1) is 0 Å². The molecule has 4 nitrogen and oxygen atoms in total. The van der Waals surface area contributed by atoms with Crippen molar-refractivity contribution >= 4 is 11.6 Å². The monoisotopic (exact) mass is 341 g/mol. The maximum atomic E-state index is 12.5. The van der Waals surface area contributed by atoms with E-state index in [-0.39, 0.29) is 12.0 Å². The van der Waals surface area contributed by atoms with Crippen LogP contribution in [0.3, 0.4) is 0 Å². The maximum absolute atomic E-state index is 12.5. The molecule has 0 aliphatic heterocycles. The van der Waals surface area contributed by atoms with Gasteiger partial charge in [0.2, 0.25) is 0 Å². The highest BCUT2D eigenvalue weighted by Crippen LogP contribution is 2.28. The number of nitrogens with one attached hydrogen (secondary N) is 1. The van der Waals surface area contributed by atoms with Crippen molar-refractivity contribution < 1.29 is 14.3 Å². The van der Waals surface area contributed by atoms with Gasteiger partial charge < -0.3 is 14.8 Å². The molecule has 2 aromatic carbocycles. The van der Waals surface area contributed by atoms with E-state index in [9.17, 15) is 4.79 Å². The van der Waals surface area contributed by atoms with Gasteiger partial charge in [0.15, 0.2) is 6.10 Å². The topological polar surface area (TPSA) is 47.6 Å². The maximum Gasteiger partial charge on any atom is 0.265 e. The third-order valence-electron chi connectivity index (χ3n) is 3.72. The second-order valence-electron chi connectivity index (χ2n) is 6.60. The van der Waals surface area contributed by atoms with E-state index in [2.05, 4.69) is 19.2 Å². The number of carbonyl (C=O) groups is 1. The summed E-state index contributed by atoms with van der Waals surface area (Å²) in [6.07, 6.45) is -0.586. The lowest BCUT2D eigenvalue weighted by Crippen LogP contribution is -2.30. The second kappa shape index (κ2) is 8.56. The van der Waals surface area contributed by atoms with Crippen molar-refractivity contribution in [2.24, 2.45) is 0 Å². The lowest BCUT2D eigenvalue weighted by Gasteiger charge is -2.20. The zero-order chi connectivity index (χ0) is 18.4. The molecule has 1 atom stereocenters. The Kier molecular flexibility index (Phi) is 6.45. The van der Waals surface area contributed by atoms with Gasteiger partial charge in [-0.25, -0.2) is 0 Å². The summed E-state index contributed by atoms with van der Waals surface area (Å²) in [6.45, 7) is 9.86. The van der Waals surface area contributed by atoms with Crippen LogP contribution in [0.25, 0.3) is 0 Å². The Bertz CT molecular complexity index is 710. The first kappa shape index (κ1) is 18.8. The highest BCUT2D eigenvalue weighted by molar-refractivity contribution is 5.95. The largest absolute Gasteiger partial charge is 0.489 e. The first-order valence-electron chi connectivity index (χ1n) is 8.70. The van der Waals surface area contributed by atoms with E-state index in [1.165, 1.54) is 0 Å². The molecule has 0 aliphatic rings. The molecule has 4 heteroatoms. The summed E-state index contributed by atoms with van der Waals surface area (Å²) in [4.78, 5) is 12.5. The predicted octanol–water partition coefficient (Wildman–Crippen LogP) is 5.00. The van der Waals surface area contributed by atoms with Gasteiger partial charge >= 0.3 is 0 Å². The molecule has 0 spiro atoms. The zero-order valence-electron chi connectivity index (χ0n) is 15.6. The number of para-hydroxylation sites is 3. The predicted molar refractivity (Wildman–Crippen MR) is 101 cm³/mol. The van der Waals surface area contributed by atoms with Crippen LogP contribution in [0.4, 0.5) is 5.69 Å². The van der Waals surface area contributed by atoms with Gasteiger partial charge in [0.05, 0.1) is 11.8 Å². The molecule has 1 amide bonds. The Morgan fingerprint density at radius 1 is 0.840 bits per heavy atom. The molecule has 1 unspecified atom stereocenters. The summed E-state index contributed by atoms with van der Waals surface area (Å²) in [5.74, 6) is 1.51. The quantitative estimate of drug-likeness (QED) is 0.770. The molecular formula is C21H27NO3. The van der Waals surface area contributed by atoms with Crippen LogP contribution < -0.4 is 14.8 Å². The normalized spacial score (nSPS) is 12.1. The summed E-state index contributed by atoms with van der Waals surface area (Å²) in [6, 6.07) is 15.2. The summed E-state index contributed by atoms with van der Waals surface area (Å²) < 4.78 is 11.6. The molecule has 0 saturated heterocycles. The van der Waals surface area contributed by atoms with Crippen molar-refractivity contribution in [1.82, 2.24) is 0 Å². The first-order valence-corrected chi connectivity index (χ1v) is 8.70. The molecule has 0 bridgehead atoms. The number of amides is 1. The van der Waals surface area contributed by atoms with Crippen molar-refractivity contribution in [2.75, 3.05) is 5.32 Å². The number of benzene rings is 2. The molecule has 0 heterocycles. The first-order chi connectivity index (χ1) is 11.9. The van der Waals surface area contributed by atoms with E-state index < -0.39 is 6.10 Å². The van der Waals surface area contributed by atoms with Gasteiger partial charge in [0.25, 0.3) is 5.91 Å². The number of carbonyl (C=O) groups excluding carboxylic acids is 1. The molecule has 0 aliphatic carbocycles. The van der Waals surface area contributed by atoms with Crippen molar-refractivity contribution in [3.63, 3.8) is 0 Å². The zero-order valence-corrected chi connectivity index (χ0v) is 15.6. The van der Waals surface area contributed by atoms with Gasteiger partial charge in [0.1, 0.15) is 11.5 Å². The molecule has 25 heavy (non-hydrogen) atoms. The van der Waals surface area contributed by atoms with Crippen molar-refractivity contribution in [1.29, 1.82) is 0 Å². The Morgan fingerprint density at radius 3 is 2.08 bits per heavy atom. The third-order valence-corrected chi connectivity index (χ3v) is 3.72. The van der Waals surface area contributed by atoms with E-state index in [0.29, 0.717) is 17.4 Å². The molecule has 2 rings (SSSR count). The van der Waals surface area contributed by atoms with Gasteiger partial charge in [0, 0.05) is 0 Å². The number of ether oxygens (including phenoxy) is 2. The van der Waals surface area contributed by atoms with E-state index in [1.54, 1.807) is 6.92 Å². The molecule has 1 N–H and O–H groups in total. The van der Waals surface area contributed by atoms with E-state index in [1.807, 2.05) is 62.4 Å². The van der Waals surface area contributed by atoms with Gasteiger partial charge in [-0.05, 0) is 50.5 Å². The Balaban J connectivity index is 2.09. The minimum absolute atomic E-state index is 0.0321. The fraction of sp³-hybridized carbons (Fsp3) is 0.381. The van der Waals surface area contributed by atoms with E-state index >= 15 is 0 Å². The highest BCUT2D eigenvalue weighted by atomic mass is 16.5. The van der Waals surface area contributed by atoms with E-state index in [4.69, 9.17) is 9.47 Å². The fourth-order valence-corrected chi connectivity index (χ4v) is 2.47. The second-order valence-corrected chi connectivity index (χ2v) is 6.60. The Morgan fingerprint density at radius 2 is 1.44 bits per heavy atom. The SMILES string of the molecule is CC(C)Oc1ccccc1NC(=O)C(C)Oc1ccccc1C(C)C. The van der Waals surface area contributed by atoms with Crippen LogP contribution in [-0.4, -0.2) is 18.1 Å². The molecule has 0 radical (unpaired) electrons. The van der Waals surface area contributed by atoms with Crippen LogP contribution in [0.15, 0.2) is 48.5 Å². The third kappa shape index (κ3) is 5.24. The summed E-state index contributed by atoms with van der Waals surface area (Å²) in [5, 5.41) is 2.90. The van der Waals surface area contributed by atoms with Gasteiger partial charge in [-0.3, -0.25) is 4.79 Å². The summed E-state index contributed by atoms with van der Waals surface area (Å²) >= 11 is 0. The standard InChI is InChI=1S/C21H27NO3/c1-14(2)17-10-6-8-12-19(17)25-16(5)21(23)22-18-11-7-9-13-20(18)24-15(3)4/h6-16H,1-5H3,(H,22,23). The van der Waals surface area contributed by atoms with Gasteiger partial charge in [-0.1, -0.05) is 44.2 Å². The lowest BCUT2D eigenvalue weighted by molar-refractivity contribution is -0.122. The number of hydrogen-bond acceptors (Lipinski definition) is 3. The van der Waals surface area contributed by atoms with Crippen molar-refractivity contribution in [3.05, 3.63) is 54.1 Å². The average Bonchev–Trinajstić information content (AvgIpc) is 2.56. The van der Waals surface area contributed by atoms with Crippen LogP contribution >= 0.6 is 0 Å². The van der Waals surface area contributed by atoms with Gasteiger partial charge in [-0.2, -0.15) is 0 Å². The van der Waals surface area contributed by atoms with Crippen molar-refractivity contribution in [3.8, 4) is 11.5 Å². The minimum Gasteiger partial charge on any atom is -0.489 e. The molecular weight excluding hydrogens is 314 g/mol. The summed E-state index contributed by atoms with van der Waals surface area (Å²) in [7, 11) is 0. The Labute approximate surface area is 150 Å². The number of hydrogen-bond donors (Lipinski definition) is 1. The van der Waals surface area contributed by atoms with Crippen molar-refractivity contribution in [2.45, 2.75) is 52.7 Å². The van der Waals surface area contributed by atoms with Gasteiger partial charge in [-0.15, -0.1) is 0 Å². The molecule has 0 fully saturated rings. The molecule has 134 valence electrons. The number of anilines is 1. The Hall–Kier alpha value is -2.49. The average molecular weight is 341 g/mol. The lowest BCUT2D eigenvalue weighted by atomic mass is 10.0. The fourth-order valence-electron chi connectivity index (χ4n) is 2.47. The molecule has 0 saturated carbocycles.